The van der Waals surface area contributed by atoms with Gasteiger partial charge in [-0.3, -0.25) is 4.79 Å². The highest BCUT2D eigenvalue weighted by atomic mass is 79.9. The summed E-state index contributed by atoms with van der Waals surface area (Å²) >= 11 is 3.39. The van der Waals surface area contributed by atoms with Crippen molar-refractivity contribution in [3.8, 4) is 0 Å². The van der Waals surface area contributed by atoms with Crippen molar-refractivity contribution in [2.45, 2.75) is 39.3 Å². The number of benzene rings is 1. The number of rotatable bonds is 5. The first-order valence-corrected chi connectivity index (χ1v) is 7.01. The van der Waals surface area contributed by atoms with Gasteiger partial charge in [0.15, 0.2) is 0 Å². The van der Waals surface area contributed by atoms with Crippen molar-refractivity contribution in [1.82, 2.24) is 5.32 Å². The van der Waals surface area contributed by atoms with Crippen LogP contribution in [0.2, 0.25) is 0 Å². The van der Waals surface area contributed by atoms with Crippen molar-refractivity contribution in [2.24, 2.45) is 11.7 Å². The molecule has 0 aliphatic heterocycles. The predicted octanol–water partition coefficient (Wildman–Crippen LogP) is 3.00. The van der Waals surface area contributed by atoms with Crippen LogP contribution < -0.4 is 11.1 Å². The largest absolute Gasteiger partial charge is 0.348 e. The van der Waals surface area contributed by atoms with Gasteiger partial charge in [-0.15, -0.1) is 0 Å². The van der Waals surface area contributed by atoms with E-state index in [4.69, 9.17) is 5.73 Å². The number of hydrogen-bond acceptors (Lipinski definition) is 2. The highest BCUT2D eigenvalue weighted by Crippen LogP contribution is 2.16. The molecule has 4 heteroatoms. The monoisotopic (exact) mass is 312 g/mol. The lowest BCUT2D eigenvalue weighted by atomic mass is 10.0. The van der Waals surface area contributed by atoms with E-state index in [1.807, 2.05) is 31.2 Å². The zero-order valence-corrected chi connectivity index (χ0v) is 12.7. The van der Waals surface area contributed by atoms with Crippen LogP contribution in [0, 0.1) is 5.92 Å². The second-order valence-corrected chi connectivity index (χ2v) is 5.93. The van der Waals surface area contributed by atoms with E-state index in [1.165, 1.54) is 0 Å². The summed E-state index contributed by atoms with van der Waals surface area (Å²) < 4.78 is 1.03. The molecule has 1 aromatic rings. The quantitative estimate of drug-likeness (QED) is 0.878. The molecule has 2 atom stereocenters. The molecule has 0 aliphatic rings. The summed E-state index contributed by atoms with van der Waals surface area (Å²) in [5.74, 6) is 0.341. The fourth-order valence-corrected chi connectivity index (χ4v) is 2.03. The fraction of sp³-hybridized carbons (Fsp3) is 0.500. The lowest BCUT2D eigenvalue weighted by Crippen LogP contribution is -2.42. The SMILES string of the molecule is CC(C)CC(N)C(=O)N[C@@H](C)c1ccc(Br)cc1. The van der Waals surface area contributed by atoms with Crippen molar-refractivity contribution >= 4 is 21.8 Å². The Morgan fingerprint density at radius 1 is 1.28 bits per heavy atom. The Hall–Kier alpha value is -0.870. The van der Waals surface area contributed by atoms with E-state index in [-0.39, 0.29) is 11.9 Å². The van der Waals surface area contributed by atoms with Crippen LogP contribution in [-0.4, -0.2) is 11.9 Å². The van der Waals surface area contributed by atoms with Gasteiger partial charge in [0.25, 0.3) is 0 Å². The minimum absolute atomic E-state index is 0.0242. The van der Waals surface area contributed by atoms with Gasteiger partial charge >= 0.3 is 0 Å². The standard InChI is InChI=1S/C14H21BrN2O/c1-9(2)8-13(16)14(18)17-10(3)11-4-6-12(15)7-5-11/h4-7,9-10,13H,8,16H2,1-3H3,(H,17,18)/t10-,13?/m0/s1. The zero-order chi connectivity index (χ0) is 13.7. The van der Waals surface area contributed by atoms with Crippen molar-refractivity contribution < 1.29 is 4.79 Å². The number of carbonyl (C=O) groups is 1. The maximum Gasteiger partial charge on any atom is 0.237 e. The fourth-order valence-electron chi connectivity index (χ4n) is 1.77. The molecule has 3 nitrogen and oxygen atoms in total. The lowest BCUT2D eigenvalue weighted by molar-refractivity contribution is -0.123. The van der Waals surface area contributed by atoms with Crippen LogP contribution in [0.3, 0.4) is 0 Å². The summed E-state index contributed by atoms with van der Waals surface area (Å²) in [6.45, 7) is 6.08. The molecule has 0 aromatic heterocycles. The second kappa shape index (κ2) is 6.90. The molecule has 1 aromatic carbocycles. The van der Waals surface area contributed by atoms with Crippen LogP contribution in [0.5, 0.6) is 0 Å². The second-order valence-electron chi connectivity index (χ2n) is 5.02. The topological polar surface area (TPSA) is 55.1 Å². The minimum Gasteiger partial charge on any atom is -0.348 e. The van der Waals surface area contributed by atoms with Gasteiger partial charge < -0.3 is 11.1 Å². The molecule has 0 fully saturated rings. The van der Waals surface area contributed by atoms with Gasteiger partial charge in [0.2, 0.25) is 5.91 Å². The first-order chi connectivity index (χ1) is 8.40. The molecule has 0 spiro atoms. The van der Waals surface area contributed by atoms with Crippen molar-refractivity contribution in [1.29, 1.82) is 0 Å². The van der Waals surface area contributed by atoms with Gasteiger partial charge in [-0.05, 0) is 37.0 Å². The Morgan fingerprint density at radius 2 is 1.83 bits per heavy atom. The summed E-state index contributed by atoms with van der Waals surface area (Å²) in [5.41, 5.74) is 6.92. The molecule has 1 rings (SSSR count). The van der Waals surface area contributed by atoms with Gasteiger partial charge in [-0.25, -0.2) is 0 Å². The predicted molar refractivity (Wildman–Crippen MR) is 78.1 cm³/mol. The van der Waals surface area contributed by atoms with E-state index in [9.17, 15) is 4.79 Å². The summed E-state index contributed by atoms with van der Waals surface area (Å²) in [7, 11) is 0. The van der Waals surface area contributed by atoms with Crippen LogP contribution >= 0.6 is 15.9 Å². The highest BCUT2D eigenvalue weighted by molar-refractivity contribution is 9.10. The Morgan fingerprint density at radius 3 is 2.33 bits per heavy atom. The molecule has 1 unspecified atom stereocenters. The Bertz CT molecular complexity index is 389. The average molecular weight is 313 g/mol. The van der Waals surface area contributed by atoms with E-state index in [0.717, 1.165) is 10.0 Å². The van der Waals surface area contributed by atoms with Crippen LogP contribution in [0.4, 0.5) is 0 Å². The first-order valence-electron chi connectivity index (χ1n) is 6.21. The highest BCUT2D eigenvalue weighted by Gasteiger charge is 2.17. The maximum absolute atomic E-state index is 11.9. The molecule has 0 saturated carbocycles. The third-order valence-electron chi connectivity index (χ3n) is 2.79. The van der Waals surface area contributed by atoms with Gasteiger partial charge in [0.1, 0.15) is 0 Å². The molecule has 100 valence electrons. The Labute approximate surface area is 117 Å². The van der Waals surface area contributed by atoms with Crippen molar-refractivity contribution in [3.63, 3.8) is 0 Å². The average Bonchev–Trinajstić information content (AvgIpc) is 2.28. The molecule has 0 radical (unpaired) electrons. The number of nitrogens with two attached hydrogens (primary N) is 1. The lowest BCUT2D eigenvalue weighted by Gasteiger charge is -2.19. The summed E-state index contributed by atoms with van der Waals surface area (Å²) in [5, 5.41) is 2.94. The third kappa shape index (κ3) is 4.78. The molecule has 18 heavy (non-hydrogen) atoms. The molecule has 1 amide bonds. The molecule has 3 N–H and O–H groups in total. The number of nitrogens with one attached hydrogen (secondary N) is 1. The van der Waals surface area contributed by atoms with Crippen LogP contribution in [-0.2, 0) is 4.79 Å². The van der Waals surface area contributed by atoms with Gasteiger partial charge in [0.05, 0.1) is 12.1 Å². The van der Waals surface area contributed by atoms with Crippen LogP contribution in [0.25, 0.3) is 0 Å². The van der Waals surface area contributed by atoms with Crippen molar-refractivity contribution in [3.05, 3.63) is 34.3 Å². The smallest absolute Gasteiger partial charge is 0.237 e. The number of hydrogen-bond donors (Lipinski definition) is 2. The van der Waals surface area contributed by atoms with Gasteiger partial charge in [-0.1, -0.05) is 41.9 Å². The van der Waals surface area contributed by atoms with Gasteiger partial charge in [-0.2, -0.15) is 0 Å². The number of carbonyl (C=O) groups excluding carboxylic acids is 1. The van der Waals surface area contributed by atoms with Crippen LogP contribution in [0.15, 0.2) is 28.7 Å². The summed E-state index contributed by atoms with van der Waals surface area (Å²) in [6, 6.07) is 7.45. The van der Waals surface area contributed by atoms with E-state index in [2.05, 4.69) is 35.1 Å². The molecular weight excluding hydrogens is 292 g/mol. The Kier molecular flexibility index (Phi) is 5.82. The van der Waals surface area contributed by atoms with E-state index >= 15 is 0 Å². The van der Waals surface area contributed by atoms with E-state index in [1.54, 1.807) is 0 Å². The maximum atomic E-state index is 11.9. The molecule has 0 heterocycles. The van der Waals surface area contributed by atoms with Gasteiger partial charge in [0, 0.05) is 4.47 Å². The molecular formula is C14H21BrN2O. The molecule has 0 aliphatic carbocycles. The number of halogens is 1. The Balaban J connectivity index is 2.56. The third-order valence-corrected chi connectivity index (χ3v) is 3.32. The summed E-state index contributed by atoms with van der Waals surface area (Å²) in [4.78, 5) is 11.9. The van der Waals surface area contributed by atoms with Crippen molar-refractivity contribution in [2.75, 3.05) is 0 Å². The molecule has 0 saturated heterocycles. The minimum atomic E-state index is -0.428. The molecule has 0 bridgehead atoms. The normalized spacial score (nSPS) is 14.3. The first kappa shape index (κ1) is 15.2. The van der Waals surface area contributed by atoms with E-state index in [0.29, 0.717) is 12.3 Å². The zero-order valence-electron chi connectivity index (χ0n) is 11.1. The van der Waals surface area contributed by atoms with E-state index < -0.39 is 6.04 Å². The summed E-state index contributed by atoms with van der Waals surface area (Å²) in [6.07, 6.45) is 0.707. The number of amides is 1. The van der Waals surface area contributed by atoms with Crippen LogP contribution in [0.1, 0.15) is 38.8 Å².